The first kappa shape index (κ1) is 32.7. The summed E-state index contributed by atoms with van der Waals surface area (Å²) in [5.74, 6) is -1.56. The predicted octanol–water partition coefficient (Wildman–Crippen LogP) is 5.27. The van der Waals surface area contributed by atoms with Gasteiger partial charge in [-0.05, 0) is 55.2 Å². The molecule has 1 heterocycles. The molecule has 0 saturated heterocycles. The Morgan fingerprint density at radius 3 is 2.07 bits per heavy atom. The van der Waals surface area contributed by atoms with Crippen molar-refractivity contribution in [2.75, 3.05) is 19.8 Å². The molecule has 0 aromatic heterocycles. The zero-order valence-corrected chi connectivity index (χ0v) is 25.4. The van der Waals surface area contributed by atoms with Crippen LogP contribution in [0.5, 0.6) is 0 Å². The number of ether oxygens (including phenoxy) is 1. The molecular formula is C37H44N2O5. The Labute approximate surface area is 260 Å². The third kappa shape index (κ3) is 10.8. The lowest BCUT2D eigenvalue weighted by Gasteiger charge is -2.26. The van der Waals surface area contributed by atoms with Crippen molar-refractivity contribution in [3.8, 4) is 0 Å². The standard InChI is InChI=1S/C37H44N2O5/c40-23-22-39(27-31-18-10-5-11-19-31)35(41)26-32-20-12-1-2-13-21-33(24-29-14-6-3-7-15-29)37(43)44-28-34(38-36(32)42)25-30-16-8-4-9-17-30/h1,3-12,14-19,32-34,40H,2,13,20-28H2,(H,38,42)/t32-,33-,34+/m1/s1. The van der Waals surface area contributed by atoms with Gasteiger partial charge in [-0.2, -0.15) is 0 Å². The van der Waals surface area contributed by atoms with Gasteiger partial charge in [-0.3, -0.25) is 14.4 Å². The maximum absolute atomic E-state index is 13.7. The molecule has 7 heteroatoms. The molecule has 0 aliphatic carbocycles. The van der Waals surface area contributed by atoms with Gasteiger partial charge >= 0.3 is 5.97 Å². The lowest BCUT2D eigenvalue weighted by Crippen LogP contribution is -2.45. The van der Waals surface area contributed by atoms with Gasteiger partial charge in [-0.25, -0.2) is 0 Å². The number of rotatable bonds is 10. The summed E-state index contributed by atoms with van der Waals surface area (Å²) < 4.78 is 5.88. The fourth-order valence-electron chi connectivity index (χ4n) is 5.57. The number of carbonyl (C=O) groups excluding carboxylic acids is 3. The summed E-state index contributed by atoms with van der Waals surface area (Å²) in [5, 5.41) is 12.8. The first-order valence-electron chi connectivity index (χ1n) is 15.6. The maximum atomic E-state index is 13.7. The first-order valence-corrected chi connectivity index (χ1v) is 15.6. The largest absolute Gasteiger partial charge is 0.463 e. The monoisotopic (exact) mass is 596 g/mol. The average molecular weight is 597 g/mol. The van der Waals surface area contributed by atoms with Gasteiger partial charge in [0.15, 0.2) is 0 Å². The van der Waals surface area contributed by atoms with Crippen LogP contribution < -0.4 is 5.32 Å². The molecule has 2 amide bonds. The maximum Gasteiger partial charge on any atom is 0.309 e. The van der Waals surface area contributed by atoms with E-state index in [2.05, 4.69) is 5.32 Å². The van der Waals surface area contributed by atoms with Crippen LogP contribution in [-0.4, -0.2) is 53.6 Å². The van der Waals surface area contributed by atoms with Gasteiger partial charge in [0.2, 0.25) is 11.8 Å². The minimum Gasteiger partial charge on any atom is -0.463 e. The van der Waals surface area contributed by atoms with Crippen molar-refractivity contribution in [1.29, 1.82) is 0 Å². The summed E-state index contributed by atoms with van der Waals surface area (Å²) in [5.41, 5.74) is 3.07. The van der Waals surface area contributed by atoms with Crippen molar-refractivity contribution < 1.29 is 24.2 Å². The van der Waals surface area contributed by atoms with Crippen LogP contribution in [0, 0.1) is 11.8 Å². The van der Waals surface area contributed by atoms with Crippen LogP contribution in [0.3, 0.4) is 0 Å². The fraction of sp³-hybridized carbons (Fsp3) is 0.378. The molecule has 2 N–H and O–H groups in total. The summed E-state index contributed by atoms with van der Waals surface area (Å²) in [6.45, 7) is 0.437. The molecule has 4 rings (SSSR count). The summed E-state index contributed by atoms with van der Waals surface area (Å²) >= 11 is 0. The van der Waals surface area contributed by atoms with E-state index in [9.17, 15) is 19.5 Å². The lowest BCUT2D eigenvalue weighted by atomic mass is 9.93. The van der Waals surface area contributed by atoms with E-state index < -0.39 is 12.0 Å². The van der Waals surface area contributed by atoms with E-state index >= 15 is 0 Å². The minimum absolute atomic E-state index is 0.0139. The molecule has 1 aliphatic heterocycles. The predicted molar refractivity (Wildman–Crippen MR) is 171 cm³/mol. The van der Waals surface area contributed by atoms with Crippen molar-refractivity contribution in [2.45, 2.75) is 57.5 Å². The van der Waals surface area contributed by atoms with Crippen molar-refractivity contribution in [2.24, 2.45) is 11.8 Å². The minimum atomic E-state index is -0.599. The van der Waals surface area contributed by atoms with E-state index in [1.807, 2.05) is 103 Å². The molecule has 3 aromatic carbocycles. The second kappa shape index (κ2) is 17.8. The highest BCUT2D eigenvalue weighted by Gasteiger charge is 2.28. The van der Waals surface area contributed by atoms with Gasteiger partial charge in [0.25, 0.3) is 0 Å². The first-order chi connectivity index (χ1) is 21.5. The van der Waals surface area contributed by atoms with Gasteiger partial charge in [0.1, 0.15) is 6.61 Å². The summed E-state index contributed by atoms with van der Waals surface area (Å²) in [4.78, 5) is 42.2. The van der Waals surface area contributed by atoms with E-state index in [0.717, 1.165) is 29.5 Å². The van der Waals surface area contributed by atoms with E-state index in [4.69, 9.17) is 4.74 Å². The number of nitrogens with zero attached hydrogens (tertiary/aromatic N) is 1. The number of esters is 1. The van der Waals surface area contributed by atoms with E-state index in [-0.39, 0.29) is 49.9 Å². The van der Waals surface area contributed by atoms with Crippen LogP contribution in [0.25, 0.3) is 0 Å². The quantitative estimate of drug-likeness (QED) is 0.246. The highest BCUT2D eigenvalue weighted by atomic mass is 16.5. The SMILES string of the molecule is O=C1N[C@@H](Cc2ccccc2)COC(=O)[C@@H](Cc2ccccc2)CCCC=CC[C@@H]1CC(=O)N(CCO)Cc1ccccc1. The molecule has 3 aromatic rings. The Kier molecular flexibility index (Phi) is 13.2. The van der Waals surface area contributed by atoms with Crippen LogP contribution in [0.2, 0.25) is 0 Å². The molecule has 0 bridgehead atoms. The van der Waals surface area contributed by atoms with Crippen LogP contribution >= 0.6 is 0 Å². The summed E-state index contributed by atoms with van der Waals surface area (Å²) in [7, 11) is 0. The van der Waals surface area contributed by atoms with E-state index in [0.29, 0.717) is 32.2 Å². The van der Waals surface area contributed by atoms with Gasteiger partial charge in [-0.15, -0.1) is 0 Å². The number of carbonyl (C=O) groups is 3. The molecule has 0 spiro atoms. The van der Waals surface area contributed by atoms with Crippen LogP contribution in [0.4, 0.5) is 0 Å². The number of benzene rings is 3. The molecular weight excluding hydrogens is 552 g/mol. The molecule has 0 unspecified atom stereocenters. The molecule has 232 valence electrons. The molecule has 0 saturated carbocycles. The Morgan fingerprint density at radius 2 is 1.43 bits per heavy atom. The van der Waals surface area contributed by atoms with E-state index in [1.165, 1.54) is 0 Å². The van der Waals surface area contributed by atoms with Gasteiger partial charge in [-0.1, -0.05) is 103 Å². The Bertz CT molecular complexity index is 1330. The summed E-state index contributed by atoms with van der Waals surface area (Å²) in [6.07, 6.45) is 7.83. The zero-order valence-electron chi connectivity index (χ0n) is 25.4. The van der Waals surface area contributed by atoms with Crippen LogP contribution in [-0.2, 0) is 38.5 Å². The molecule has 44 heavy (non-hydrogen) atoms. The van der Waals surface area contributed by atoms with Crippen LogP contribution in [0.15, 0.2) is 103 Å². The number of hydrogen-bond acceptors (Lipinski definition) is 5. The van der Waals surface area contributed by atoms with Crippen molar-refractivity contribution in [3.05, 3.63) is 120 Å². The number of aliphatic hydroxyl groups excluding tert-OH is 1. The third-order valence-corrected chi connectivity index (χ3v) is 8.00. The van der Waals surface area contributed by atoms with Gasteiger partial charge in [0, 0.05) is 19.5 Å². The second-order valence-corrected chi connectivity index (χ2v) is 11.5. The Hall–Kier alpha value is -4.23. The van der Waals surface area contributed by atoms with Crippen molar-refractivity contribution in [1.82, 2.24) is 10.2 Å². The van der Waals surface area contributed by atoms with Crippen molar-refractivity contribution in [3.63, 3.8) is 0 Å². The summed E-state index contributed by atoms with van der Waals surface area (Å²) in [6, 6.07) is 28.9. The number of amides is 2. The fourth-order valence-corrected chi connectivity index (χ4v) is 5.57. The van der Waals surface area contributed by atoms with Gasteiger partial charge < -0.3 is 20.1 Å². The lowest BCUT2D eigenvalue weighted by molar-refractivity contribution is -0.150. The number of hydrogen-bond donors (Lipinski definition) is 2. The van der Waals surface area contributed by atoms with Gasteiger partial charge in [0.05, 0.1) is 24.5 Å². The molecule has 3 atom stereocenters. The topological polar surface area (TPSA) is 95.9 Å². The number of aliphatic hydroxyl groups is 1. The molecule has 7 nitrogen and oxygen atoms in total. The van der Waals surface area contributed by atoms with Crippen LogP contribution in [0.1, 0.15) is 48.8 Å². The number of allylic oxidation sites excluding steroid dienone is 2. The zero-order chi connectivity index (χ0) is 31.0. The Balaban J connectivity index is 1.51. The highest BCUT2D eigenvalue weighted by molar-refractivity contribution is 5.86. The Morgan fingerprint density at radius 1 is 0.818 bits per heavy atom. The average Bonchev–Trinajstić information content (AvgIpc) is 3.04. The molecule has 1 aliphatic rings. The smallest absolute Gasteiger partial charge is 0.309 e. The molecule has 0 fully saturated rings. The van der Waals surface area contributed by atoms with E-state index in [1.54, 1.807) is 4.90 Å². The number of cyclic esters (lactones) is 1. The highest BCUT2D eigenvalue weighted by Crippen LogP contribution is 2.20. The number of nitrogens with one attached hydrogen (secondary N) is 1. The normalized spacial score (nSPS) is 19.8. The van der Waals surface area contributed by atoms with Crippen molar-refractivity contribution >= 4 is 17.8 Å². The third-order valence-electron chi connectivity index (χ3n) is 8.00. The second-order valence-electron chi connectivity index (χ2n) is 11.5. The molecule has 0 radical (unpaired) electrons.